The van der Waals surface area contributed by atoms with Gasteiger partial charge >= 0.3 is 0 Å². The molecular weight excluding hydrogens is 264 g/mol. The first kappa shape index (κ1) is 14.4. The molecule has 0 bridgehead atoms. The molecule has 1 aromatic rings. The van der Waals surface area contributed by atoms with Gasteiger partial charge < -0.3 is 15.1 Å². The number of hydrogen-bond donors (Lipinski definition) is 1. The third-order valence-electron chi connectivity index (χ3n) is 4.60. The second kappa shape index (κ2) is 6.03. The smallest absolute Gasteiger partial charge is 0.231 e. The highest BCUT2D eigenvalue weighted by Crippen LogP contribution is 2.38. The highest BCUT2D eigenvalue weighted by molar-refractivity contribution is 5.45. The molecule has 6 heteroatoms. The maximum absolute atomic E-state index is 4.70. The first-order chi connectivity index (χ1) is 10.2. The number of rotatable bonds is 5. The van der Waals surface area contributed by atoms with Crippen LogP contribution in [0.25, 0.3) is 0 Å². The van der Waals surface area contributed by atoms with Gasteiger partial charge in [0.15, 0.2) is 0 Å². The normalized spacial score (nSPS) is 24.8. The van der Waals surface area contributed by atoms with E-state index < -0.39 is 0 Å². The van der Waals surface area contributed by atoms with E-state index in [1.165, 1.54) is 25.7 Å². The first-order valence-electron chi connectivity index (χ1n) is 8.07. The minimum absolute atomic E-state index is 0.663. The number of hydrogen-bond acceptors (Lipinski definition) is 6. The molecule has 116 valence electrons. The second-order valence-corrected chi connectivity index (χ2v) is 6.41. The van der Waals surface area contributed by atoms with Crippen molar-refractivity contribution in [3.05, 3.63) is 0 Å². The molecule has 1 saturated heterocycles. The van der Waals surface area contributed by atoms with Crippen LogP contribution in [0.3, 0.4) is 0 Å². The Kier molecular flexibility index (Phi) is 4.12. The Balaban J connectivity index is 1.78. The van der Waals surface area contributed by atoms with Gasteiger partial charge in [0.2, 0.25) is 17.8 Å². The van der Waals surface area contributed by atoms with Crippen LogP contribution in [0.4, 0.5) is 17.8 Å². The Morgan fingerprint density at radius 1 is 1.19 bits per heavy atom. The second-order valence-electron chi connectivity index (χ2n) is 6.41. The molecule has 2 aliphatic rings. The van der Waals surface area contributed by atoms with Crippen molar-refractivity contribution in [2.24, 2.45) is 11.8 Å². The van der Waals surface area contributed by atoms with Crippen molar-refractivity contribution >= 4 is 17.8 Å². The summed E-state index contributed by atoms with van der Waals surface area (Å²) in [5.74, 6) is 3.91. The van der Waals surface area contributed by atoms with Gasteiger partial charge in [0, 0.05) is 33.7 Å². The minimum atomic E-state index is 0.663. The molecule has 21 heavy (non-hydrogen) atoms. The zero-order chi connectivity index (χ0) is 14.8. The van der Waals surface area contributed by atoms with Gasteiger partial charge in [-0.3, -0.25) is 0 Å². The maximum atomic E-state index is 4.70. The lowest BCUT2D eigenvalue weighted by molar-refractivity contribution is 0.567. The SMILES string of the molecule is CNc1nc(N(C)CC2CC2C)nc(N2CCCCC2)n1. The van der Waals surface area contributed by atoms with Crippen LogP contribution in [-0.4, -0.2) is 48.7 Å². The maximum Gasteiger partial charge on any atom is 0.231 e. The summed E-state index contributed by atoms with van der Waals surface area (Å²) in [5.41, 5.74) is 0. The van der Waals surface area contributed by atoms with Crippen LogP contribution in [0, 0.1) is 11.8 Å². The van der Waals surface area contributed by atoms with Gasteiger partial charge in [-0.25, -0.2) is 0 Å². The van der Waals surface area contributed by atoms with E-state index in [-0.39, 0.29) is 0 Å². The summed E-state index contributed by atoms with van der Waals surface area (Å²) in [4.78, 5) is 18.2. The molecule has 1 aliphatic carbocycles. The molecule has 0 aromatic carbocycles. The summed E-state index contributed by atoms with van der Waals surface area (Å²) in [6, 6.07) is 0. The van der Waals surface area contributed by atoms with Crippen molar-refractivity contribution in [1.29, 1.82) is 0 Å². The molecule has 0 amide bonds. The lowest BCUT2D eigenvalue weighted by Crippen LogP contribution is -2.32. The topological polar surface area (TPSA) is 57.2 Å². The van der Waals surface area contributed by atoms with E-state index in [0.29, 0.717) is 5.95 Å². The average Bonchev–Trinajstić information content (AvgIpc) is 3.22. The summed E-state index contributed by atoms with van der Waals surface area (Å²) in [7, 11) is 3.95. The molecule has 6 nitrogen and oxygen atoms in total. The van der Waals surface area contributed by atoms with Crippen LogP contribution in [0.2, 0.25) is 0 Å². The average molecular weight is 290 g/mol. The van der Waals surface area contributed by atoms with E-state index in [0.717, 1.165) is 43.4 Å². The van der Waals surface area contributed by atoms with E-state index in [2.05, 4.69) is 39.1 Å². The van der Waals surface area contributed by atoms with Gasteiger partial charge in [0.1, 0.15) is 0 Å². The van der Waals surface area contributed by atoms with Crippen molar-refractivity contribution in [2.45, 2.75) is 32.6 Å². The van der Waals surface area contributed by atoms with Crippen LogP contribution < -0.4 is 15.1 Å². The molecule has 1 aliphatic heterocycles. The molecule has 2 atom stereocenters. The fourth-order valence-corrected chi connectivity index (χ4v) is 2.96. The molecule has 2 unspecified atom stereocenters. The summed E-state index contributed by atoms with van der Waals surface area (Å²) in [6.07, 6.45) is 5.09. The molecule has 1 aromatic heterocycles. The lowest BCUT2D eigenvalue weighted by atomic mass is 10.1. The third-order valence-corrected chi connectivity index (χ3v) is 4.60. The van der Waals surface area contributed by atoms with Crippen molar-refractivity contribution in [3.63, 3.8) is 0 Å². The lowest BCUT2D eigenvalue weighted by Gasteiger charge is -2.27. The van der Waals surface area contributed by atoms with Gasteiger partial charge in [-0.2, -0.15) is 15.0 Å². The molecule has 1 saturated carbocycles. The highest BCUT2D eigenvalue weighted by Gasteiger charge is 2.34. The Morgan fingerprint density at radius 2 is 1.90 bits per heavy atom. The summed E-state index contributed by atoms with van der Waals surface area (Å²) >= 11 is 0. The van der Waals surface area contributed by atoms with E-state index in [9.17, 15) is 0 Å². The predicted octanol–water partition coefficient (Wildman–Crippen LogP) is 2.00. The van der Waals surface area contributed by atoms with Gasteiger partial charge in [0.05, 0.1) is 0 Å². The van der Waals surface area contributed by atoms with Gasteiger partial charge in [0.25, 0.3) is 0 Å². The Morgan fingerprint density at radius 3 is 2.52 bits per heavy atom. The minimum Gasteiger partial charge on any atom is -0.357 e. The summed E-state index contributed by atoms with van der Waals surface area (Å²) in [5, 5.41) is 3.06. The molecule has 0 radical (unpaired) electrons. The summed E-state index contributed by atoms with van der Waals surface area (Å²) in [6.45, 7) is 5.45. The van der Waals surface area contributed by atoms with Crippen molar-refractivity contribution in [1.82, 2.24) is 15.0 Å². The molecular formula is C15H26N6. The van der Waals surface area contributed by atoms with Crippen LogP contribution in [-0.2, 0) is 0 Å². The monoisotopic (exact) mass is 290 g/mol. The zero-order valence-corrected chi connectivity index (χ0v) is 13.3. The van der Waals surface area contributed by atoms with Gasteiger partial charge in [-0.15, -0.1) is 0 Å². The van der Waals surface area contributed by atoms with Crippen LogP contribution >= 0.6 is 0 Å². The van der Waals surface area contributed by atoms with Gasteiger partial charge in [-0.1, -0.05) is 6.92 Å². The van der Waals surface area contributed by atoms with Crippen molar-refractivity contribution in [2.75, 3.05) is 48.8 Å². The molecule has 0 spiro atoms. The Labute approximate surface area is 127 Å². The molecule has 2 heterocycles. The van der Waals surface area contributed by atoms with Crippen LogP contribution in [0.15, 0.2) is 0 Å². The molecule has 3 rings (SSSR count). The molecule has 2 fully saturated rings. The van der Waals surface area contributed by atoms with E-state index in [1.54, 1.807) is 0 Å². The van der Waals surface area contributed by atoms with E-state index in [1.807, 2.05) is 7.05 Å². The highest BCUT2D eigenvalue weighted by atomic mass is 15.4. The standard InChI is InChI=1S/C15H26N6/c1-11-9-12(11)10-20(3)14-17-13(16-2)18-15(19-14)21-7-5-4-6-8-21/h11-12H,4-10H2,1-3H3,(H,16,17,18,19). The van der Waals surface area contributed by atoms with E-state index in [4.69, 9.17) is 4.98 Å². The number of nitrogens with one attached hydrogen (secondary N) is 1. The zero-order valence-electron chi connectivity index (χ0n) is 13.3. The third kappa shape index (κ3) is 3.36. The van der Waals surface area contributed by atoms with Crippen LogP contribution in [0.5, 0.6) is 0 Å². The fraction of sp³-hybridized carbons (Fsp3) is 0.800. The quantitative estimate of drug-likeness (QED) is 0.895. The number of aromatic nitrogens is 3. The number of piperidine rings is 1. The van der Waals surface area contributed by atoms with Crippen LogP contribution in [0.1, 0.15) is 32.6 Å². The number of nitrogens with zero attached hydrogens (tertiary/aromatic N) is 5. The Hall–Kier alpha value is -1.59. The predicted molar refractivity (Wildman–Crippen MR) is 86.0 cm³/mol. The van der Waals surface area contributed by atoms with Crippen molar-refractivity contribution in [3.8, 4) is 0 Å². The number of anilines is 3. The van der Waals surface area contributed by atoms with E-state index >= 15 is 0 Å². The van der Waals surface area contributed by atoms with Crippen molar-refractivity contribution < 1.29 is 0 Å². The Bertz CT molecular complexity index is 485. The largest absolute Gasteiger partial charge is 0.357 e. The fourth-order valence-electron chi connectivity index (χ4n) is 2.96. The van der Waals surface area contributed by atoms with Gasteiger partial charge in [-0.05, 0) is 37.5 Å². The molecule has 1 N–H and O–H groups in total. The first-order valence-corrected chi connectivity index (χ1v) is 8.07. The summed E-state index contributed by atoms with van der Waals surface area (Å²) < 4.78 is 0.